The van der Waals surface area contributed by atoms with Crippen molar-refractivity contribution in [1.82, 2.24) is 5.32 Å². The molecule has 2 nitrogen and oxygen atoms in total. The molecule has 0 fully saturated rings. The molecule has 1 rings (SSSR count). The Bertz CT molecular complexity index is 389. The first-order valence-corrected chi connectivity index (χ1v) is 7.08. The van der Waals surface area contributed by atoms with Crippen LogP contribution in [0.25, 0.3) is 0 Å². The summed E-state index contributed by atoms with van der Waals surface area (Å²) in [5, 5.41) is 2.84. The van der Waals surface area contributed by atoms with Gasteiger partial charge in [0.05, 0.1) is 5.75 Å². The van der Waals surface area contributed by atoms with Gasteiger partial charge in [-0.2, -0.15) is 0 Å². The standard InChI is InChI=1S/C14H18FNOS/c1-2-3-4-9-16-14(17)11-18-10-12-5-7-13(15)8-6-12/h2-3,5-8H,4,9-11H2,1H3,(H,16,17)/b3-2+. The molecule has 0 spiro atoms. The molecule has 0 aliphatic rings. The fourth-order valence-corrected chi connectivity index (χ4v) is 2.17. The Morgan fingerprint density at radius 3 is 2.78 bits per heavy atom. The summed E-state index contributed by atoms with van der Waals surface area (Å²) < 4.78 is 12.7. The first-order valence-electron chi connectivity index (χ1n) is 5.92. The smallest absolute Gasteiger partial charge is 0.230 e. The van der Waals surface area contributed by atoms with Gasteiger partial charge in [0.15, 0.2) is 0 Å². The molecule has 0 atom stereocenters. The van der Waals surface area contributed by atoms with Gasteiger partial charge in [-0.1, -0.05) is 24.3 Å². The van der Waals surface area contributed by atoms with Crippen molar-refractivity contribution in [3.63, 3.8) is 0 Å². The highest BCUT2D eigenvalue weighted by Crippen LogP contribution is 2.12. The second kappa shape index (κ2) is 8.75. The Balaban J connectivity index is 2.13. The SMILES string of the molecule is C/C=C/CCNC(=O)CSCc1ccc(F)cc1. The van der Waals surface area contributed by atoms with E-state index in [4.69, 9.17) is 0 Å². The summed E-state index contributed by atoms with van der Waals surface area (Å²) in [5.74, 6) is 0.979. The molecule has 1 aromatic carbocycles. The van der Waals surface area contributed by atoms with Crippen molar-refractivity contribution in [3.8, 4) is 0 Å². The lowest BCUT2D eigenvalue weighted by molar-refractivity contribution is -0.118. The first kappa shape index (κ1) is 14.8. The second-order valence-corrected chi connectivity index (χ2v) is 4.81. The van der Waals surface area contributed by atoms with Crippen molar-refractivity contribution in [1.29, 1.82) is 0 Å². The van der Waals surface area contributed by atoms with Gasteiger partial charge in [0, 0.05) is 12.3 Å². The first-order chi connectivity index (χ1) is 8.72. The summed E-state index contributed by atoms with van der Waals surface area (Å²) in [4.78, 5) is 11.4. The van der Waals surface area contributed by atoms with E-state index in [0.717, 1.165) is 17.7 Å². The highest BCUT2D eigenvalue weighted by Gasteiger charge is 2.01. The van der Waals surface area contributed by atoms with Gasteiger partial charge in [-0.25, -0.2) is 4.39 Å². The van der Waals surface area contributed by atoms with E-state index in [2.05, 4.69) is 5.32 Å². The number of carbonyl (C=O) groups excluding carboxylic acids is 1. The van der Waals surface area contributed by atoms with Crippen LogP contribution < -0.4 is 5.32 Å². The number of halogens is 1. The molecule has 0 aromatic heterocycles. The Hall–Kier alpha value is -1.29. The van der Waals surface area contributed by atoms with Gasteiger partial charge < -0.3 is 5.32 Å². The molecule has 0 aliphatic heterocycles. The van der Waals surface area contributed by atoms with E-state index in [9.17, 15) is 9.18 Å². The van der Waals surface area contributed by atoms with Crippen LogP contribution in [0.4, 0.5) is 4.39 Å². The number of benzene rings is 1. The summed E-state index contributed by atoms with van der Waals surface area (Å²) in [5.41, 5.74) is 1.03. The highest BCUT2D eigenvalue weighted by atomic mass is 32.2. The maximum absolute atomic E-state index is 12.7. The summed E-state index contributed by atoms with van der Waals surface area (Å²) in [6, 6.07) is 6.36. The molecule has 1 N–H and O–H groups in total. The van der Waals surface area contributed by atoms with Crippen LogP contribution in [-0.2, 0) is 10.5 Å². The molecule has 0 heterocycles. The van der Waals surface area contributed by atoms with Crippen molar-refractivity contribution in [3.05, 3.63) is 47.8 Å². The van der Waals surface area contributed by atoms with Crippen molar-refractivity contribution >= 4 is 17.7 Å². The number of nitrogens with one attached hydrogen (secondary N) is 1. The van der Waals surface area contributed by atoms with Crippen molar-refractivity contribution in [2.24, 2.45) is 0 Å². The van der Waals surface area contributed by atoms with Gasteiger partial charge in [0.25, 0.3) is 0 Å². The summed E-state index contributed by atoms with van der Waals surface area (Å²) >= 11 is 1.53. The van der Waals surface area contributed by atoms with E-state index in [1.165, 1.54) is 23.9 Å². The Labute approximate surface area is 112 Å². The minimum absolute atomic E-state index is 0.0478. The summed E-state index contributed by atoms with van der Waals surface area (Å²) in [7, 11) is 0. The molecule has 98 valence electrons. The second-order valence-electron chi connectivity index (χ2n) is 3.83. The molecule has 0 bridgehead atoms. The van der Waals surface area contributed by atoms with Crippen LogP contribution in [0.2, 0.25) is 0 Å². The fraction of sp³-hybridized carbons (Fsp3) is 0.357. The van der Waals surface area contributed by atoms with E-state index in [1.807, 2.05) is 19.1 Å². The van der Waals surface area contributed by atoms with E-state index in [0.29, 0.717) is 12.3 Å². The monoisotopic (exact) mass is 267 g/mol. The average Bonchev–Trinajstić information content (AvgIpc) is 2.37. The molecule has 0 aliphatic carbocycles. The predicted octanol–water partition coefficient (Wildman–Crippen LogP) is 3.14. The lowest BCUT2D eigenvalue weighted by atomic mass is 10.2. The fourth-order valence-electron chi connectivity index (χ4n) is 1.35. The van der Waals surface area contributed by atoms with Gasteiger partial charge in [-0.3, -0.25) is 4.79 Å². The number of amides is 1. The van der Waals surface area contributed by atoms with E-state index in [-0.39, 0.29) is 11.7 Å². The lowest BCUT2D eigenvalue weighted by Gasteiger charge is -2.04. The number of thioether (sulfide) groups is 1. The van der Waals surface area contributed by atoms with Crippen molar-refractivity contribution in [2.75, 3.05) is 12.3 Å². The zero-order valence-corrected chi connectivity index (χ0v) is 11.3. The highest BCUT2D eigenvalue weighted by molar-refractivity contribution is 7.99. The average molecular weight is 267 g/mol. The molecule has 0 unspecified atom stereocenters. The zero-order valence-electron chi connectivity index (χ0n) is 10.5. The normalized spacial score (nSPS) is 10.8. The van der Waals surface area contributed by atoms with E-state index < -0.39 is 0 Å². The van der Waals surface area contributed by atoms with E-state index in [1.54, 1.807) is 12.1 Å². The Morgan fingerprint density at radius 2 is 2.11 bits per heavy atom. The third-order valence-electron chi connectivity index (χ3n) is 2.28. The third-order valence-corrected chi connectivity index (χ3v) is 3.29. The predicted molar refractivity (Wildman–Crippen MR) is 75.0 cm³/mol. The minimum Gasteiger partial charge on any atom is -0.355 e. The van der Waals surface area contributed by atoms with Gasteiger partial charge in [-0.05, 0) is 31.0 Å². The van der Waals surface area contributed by atoms with Crippen LogP contribution in [0.5, 0.6) is 0 Å². The zero-order chi connectivity index (χ0) is 13.2. The molecule has 18 heavy (non-hydrogen) atoms. The molecule has 4 heteroatoms. The number of carbonyl (C=O) groups is 1. The quantitative estimate of drug-likeness (QED) is 0.607. The maximum Gasteiger partial charge on any atom is 0.230 e. The Morgan fingerprint density at radius 1 is 1.39 bits per heavy atom. The van der Waals surface area contributed by atoms with Crippen LogP contribution in [0.3, 0.4) is 0 Å². The lowest BCUT2D eigenvalue weighted by Crippen LogP contribution is -2.25. The van der Waals surface area contributed by atoms with Crippen molar-refractivity contribution < 1.29 is 9.18 Å². The number of hydrogen-bond donors (Lipinski definition) is 1. The Kier molecular flexibility index (Phi) is 7.18. The topological polar surface area (TPSA) is 29.1 Å². The minimum atomic E-state index is -0.231. The molecule has 0 saturated carbocycles. The number of rotatable bonds is 7. The third kappa shape index (κ3) is 6.45. The number of allylic oxidation sites excluding steroid dienone is 1. The van der Waals surface area contributed by atoms with Crippen LogP contribution >= 0.6 is 11.8 Å². The van der Waals surface area contributed by atoms with Gasteiger partial charge in [0.2, 0.25) is 5.91 Å². The molecule has 1 amide bonds. The molecule has 0 saturated heterocycles. The largest absolute Gasteiger partial charge is 0.355 e. The van der Waals surface area contributed by atoms with Crippen LogP contribution in [0.1, 0.15) is 18.9 Å². The van der Waals surface area contributed by atoms with Crippen LogP contribution in [-0.4, -0.2) is 18.2 Å². The molecular weight excluding hydrogens is 249 g/mol. The van der Waals surface area contributed by atoms with Crippen LogP contribution in [0.15, 0.2) is 36.4 Å². The molecule has 0 radical (unpaired) electrons. The summed E-state index contributed by atoms with van der Waals surface area (Å²) in [6.07, 6.45) is 4.85. The van der Waals surface area contributed by atoms with E-state index >= 15 is 0 Å². The number of hydrogen-bond acceptors (Lipinski definition) is 2. The maximum atomic E-state index is 12.7. The van der Waals surface area contributed by atoms with Gasteiger partial charge in [0.1, 0.15) is 5.82 Å². The summed E-state index contributed by atoms with van der Waals surface area (Å²) in [6.45, 7) is 2.64. The molecular formula is C14H18FNOS. The van der Waals surface area contributed by atoms with Gasteiger partial charge >= 0.3 is 0 Å². The van der Waals surface area contributed by atoms with Crippen molar-refractivity contribution in [2.45, 2.75) is 19.1 Å². The molecule has 1 aromatic rings. The van der Waals surface area contributed by atoms with Crippen LogP contribution in [0, 0.1) is 5.82 Å². The van der Waals surface area contributed by atoms with Gasteiger partial charge in [-0.15, -0.1) is 11.8 Å².